The molecular formula is C27H27F3N2O4S. The summed E-state index contributed by atoms with van der Waals surface area (Å²) in [4.78, 5) is 27.6. The number of hydrogen-bond acceptors (Lipinski definition) is 5. The number of nitrogens with zero attached hydrogens (tertiary/aromatic N) is 1. The molecule has 196 valence electrons. The second-order valence-corrected chi connectivity index (χ2v) is 10.0. The fraction of sp³-hybridized carbons (Fsp3) is 0.333. The van der Waals surface area contributed by atoms with Gasteiger partial charge in [0.05, 0.1) is 6.04 Å². The molecule has 2 heterocycles. The van der Waals surface area contributed by atoms with Gasteiger partial charge in [-0.2, -0.15) is 0 Å². The molecule has 10 heteroatoms. The third-order valence-corrected chi connectivity index (χ3v) is 7.45. The highest BCUT2D eigenvalue weighted by atomic mass is 32.1. The number of nitrogens with one attached hydrogen (secondary N) is 1. The molecule has 1 unspecified atom stereocenters. The Morgan fingerprint density at radius 2 is 1.76 bits per heavy atom. The van der Waals surface area contributed by atoms with Gasteiger partial charge in [-0.25, -0.2) is 13.2 Å². The van der Waals surface area contributed by atoms with Crippen molar-refractivity contribution in [1.82, 2.24) is 10.2 Å². The van der Waals surface area contributed by atoms with Gasteiger partial charge in [0.1, 0.15) is 17.5 Å². The molecule has 0 saturated carbocycles. The van der Waals surface area contributed by atoms with E-state index in [0.717, 1.165) is 22.1 Å². The van der Waals surface area contributed by atoms with E-state index in [0.29, 0.717) is 37.8 Å². The summed E-state index contributed by atoms with van der Waals surface area (Å²) in [5, 5.41) is 25.1. The van der Waals surface area contributed by atoms with E-state index < -0.39 is 41.5 Å². The minimum atomic E-state index is -1.94. The fourth-order valence-electron chi connectivity index (χ4n) is 4.46. The number of benzene rings is 2. The predicted octanol–water partition coefficient (Wildman–Crippen LogP) is 3.50. The van der Waals surface area contributed by atoms with Crippen molar-refractivity contribution in [3.8, 4) is 0 Å². The van der Waals surface area contributed by atoms with Gasteiger partial charge in [-0.05, 0) is 65.6 Å². The number of carbonyl (C=O) groups excluding carboxylic acids is 2. The Hall–Kier alpha value is -3.21. The van der Waals surface area contributed by atoms with E-state index in [1.54, 1.807) is 12.1 Å². The van der Waals surface area contributed by atoms with Gasteiger partial charge in [-0.3, -0.25) is 9.59 Å². The topological polar surface area (TPSA) is 89.9 Å². The zero-order chi connectivity index (χ0) is 26.5. The monoisotopic (exact) mass is 532 g/mol. The summed E-state index contributed by atoms with van der Waals surface area (Å²) < 4.78 is 40.2. The van der Waals surface area contributed by atoms with Crippen LogP contribution in [0.4, 0.5) is 13.2 Å². The molecule has 0 bridgehead atoms. The molecule has 0 aliphatic carbocycles. The molecule has 1 fully saturated rings. The number of halogens is 3. The Labute approximate surface area is 216 Å². The van der Waals surface area contributed by atoms with Crippen LogP contribution in [0.15, 0.2) is 53.9 Å². The van der Waals surface area contributed by atoms with Crippen molar-refractivity contribution in [3.05, 3.63) is 92.9 Å². The number of amides is 2. The van der Waals surface area contributed by atoms with Crippen molar-refractivity contribution >= 4 is 23.2 Å². The standard InChI is InChI=1S/C27H27F3N2O4S/c28-19-6-3-17(4-7-19)23-2-1-11-32(23)27(36)25(34)24(33)26(35)31-10-9-21-13-16(15-37-21)12-18-5-8-20(29)14-22(18)30/h3-8,13-15,23-25,33-34H,1-2,9-12H2,(H,31,35)/t23?,24-,25-/m1/s1. The SMILES string of the molecule is O=C(NCCc1cc(Cc2ccc(F)cc2F)cs1)[C@H](O)[C@@H](O)C(=O)N1CCCC1c1ccc(F)cc1. The van der Waals surface area contributed by atoms with Gasteiger partial charge in [-0.15, -0.1) is 11.3 Å². The van der Waals surface area contributed by atoms with Crippen molar-refractivity contribution in [2.45, 2.75) is 43.9 Å². The van der Waals surface area contributed by atoms with Gasteiger partial charge < -0.3 is 20.4 Å². The van der Waals surface area contributed by atoms with Gasteiger partial charge in [0, 0.05) is 30.5 Å². The lowest BCUT2D eigenvalue weighted by atomic mass is 10.0. The molecule has 4 rings (SSSR count). The highest BCUT2D eigenvalue weighted by Gasteiger charge is 2.38. The lowest BCUT2D eigenvalue weighted by Gasteiger charge is -2.28. The lowest BCUT2D eigenvalue weighted by Crippen LogP contribution is -2.50. The van der Waals surface area contributed by atoms with Crippen molar-refractivity contribution in [2.75, 3.05) is 13.1 Å². The van der Waals surface area contributed by atoms with E-state index in [-0.39, 0.29) is 12.6 Å². The first kappa shape index (κ1) is 26.8. The minimum Gasteiger partial charge on any atom is -0.380 e. The molecule has 2 amide bonds. The Morgan fingerprint density at radius 3 is 2.49 bits per heavy atom. The van der Waals surface area contributed by atoms with Gasteiger partial charge in [-0.1, -0.05) is 18.2 Å². The Bertz CT molecular complexity index is 1250. The molecule has 1 aliphatic heterocycles. The maximum absolute atomic E-state index is 13.9. The number of aliphatic hydroxyl groups excluding tert-OH is 2. The molecule has 1 saturated heterocycles. The molecule has 2 aromatic carbocycles. The summed E-state index contributed by atoms with van der Waals surface area (Å²) in [5.41, 5.74) is 1.94. The Kier molecular flexibility index (Phi) is 8.63. The first-order valence-corrected chi connectivity index (χ1v) is 12.8. The lowest BCUT2D eigenvalue weighted by molar-refractivity contribution is -0.153. The molecule has 3 N–H and O–H groups in total. The van der Waals surface area contributed by atoms with E-state index in [1.807, 2.05) is 11.4 Å². The normalized spacial score (nSPS) is 17.0. The summed E-state index contributed by atoms with van der Waals surface area (Å²) in [6.07, 6.45) is -1.83. The molecule has 0 radical (unpaired) electrons. The third kappa shape index (κ3) is 6.57. The highest BCUT2D eigenvalue weighted by molar-refractivity contribution is 7.10. The summed E-state index contributed by atoms with van der Waals surface area (Å²) in [6, 6.07) is 10.7. The van der Waals surface area contributed by atoms with Crippen LogP contribution in [0.5, 0.6) is 0 Å². The molecule has 37 heavy (non-hydrogen) atoms. The van der Waals surface area contributed by atoms with Gasteiger partial charge in [0.2, 0.25) is 0 Å². The zero-order valence-corrected chi connectivity index (χ0v) is 20.7. The number of hydrogen-bond donors (Lipinski definition) is 3. The molecule has 0 spiro atoms. The molecule has 3 aromatic rings. The van der Waals surface area contributed by atoms with Gasteiger partial charge in [0.15, 0.2) is 12.2 Å². The molecule has 1 aliphatic rings. The van der Waals surface area contributed by atoms with Crippen LogP contribution >= 0.6 is 11.3 Å². The third-order valence-electron chi connectivity index (χ3n) is 6.40. The van der Waals surface area contributed by atoms with Crippen molar-refractivity contribution in [2.24, 2.45) is 0 Å². The van der Waals surface area contributed by atoms with Crippen LogP contribution in [-0.2, 0) is 22.4 Å². The maximum atomic E-state index is 13.9. The van der Waals surface area contributed by atoms with Crippen LogP contribution in [-0.4, -0.2) is 52.2 Å². The van der Waals surface area contributed by atoms with E-state index >= 15 is 0 Å². The van der Waals surface area contributed by atoms with Gasteiger partial charge in [0.25, 0.3) is 11.8 Å². The number of likely N-dealkylation sites (tertiary alicyclic amines) is 1. The summed E-state index contributed by atoms with van der Waals surface area (Å²) >= 11 is 1.42. The van der Waals surface area contributed by atoms with E-state index in [2.05, 4.69) is 5.32 Å². The first-order valence-electron chi connectivity index (χ1n) is 11.9. The van der Waals surface area contributed by atoms with Crippen molar-refractivity contribution in [3.63, 3.8) is 0 Å². The minimum absolute atomic E-state index is 0.156. The van der Waals surface area contributed by atoms with Crippen molar-refractivity contribution < 1.29 is 33.0 Å². The number of aliphatic hydroxyl groups is 2. The fourth-order valence-corrected chi connectivity index (χ4v) is 5.35. The van der Waals surface area contributed by atoms with Gasteiger partial charge >= 0.3 is 0 Å². The second-order valence-electron chi connectivity index (χ2n) is 9.01. The average molecular weight is 533 g/mol. The van der Waals surface area contributed by atoms with Crippen LogP contribution in [0.2, 0.25) is 0 Å². The summed E-state index contributed by atoms with van der Waals surface area (Å²) in [5.74, 6) is -3.27. The number of carbonyl (C=O) groups is 2. The largest absolute Gasteiger partial charge is 0.380 e. The van der Waals surface area contributed by atoms with Crippen LogP contribution in [0.1, 0.15) is 40.5 Å². The first-order chi connectivity index (χ1) is 17.7. The summed E-state index contributed by atoms with van der Waals surface area (Å²) in [6.45, 7) is 0.512. The van der Waals surface area contributed by atoms with E-state index in [1.165, 1.54) is 40.5 Å². The molecule has 6 nitrogen and oxygen atoms in total. The van der Waals surface area contributed by atoms with E-state index in [4.69, 9.17) is 0 Å². The molecule has 1 aromatic heterocycles. The van der Waals surface area contributed by atoms with Crippen molar-refractivity contribution in [1.29, 1.82) is 0 Å². The maximum Gasteiger partial charge on any atom is 0.255 e. The van der Waals surface area contributed by atoms with Crippen LogP contribution in [0, 0.1) is 17.5 Å². The second kappa shape index (κ2) is 11.9. The quantitative estimate of drug-likeness (QED) is 0.394. The Balaban J connectivity index is 1.27. The van der Waals surface area contributed by atoms with Crippen LogP contribution < -0.4 is 5.32 Å². The van der Waals surface area contributed by atoms with E-state index in [9.17, 15) is 33.0 Å². The number of rotatable bonds is 9. The van der Waals surface area contributed by atoms with Crippen LogP contribution in [0.25, 0.3) is 0 Å². The molecular weight excluding hydrogens is 505 g/mol. The molecule has 3 atom stereocenters. The van der Waals surface area contributed by atoms with Crippen LogP contribution in [0.3, 0.4) is 0 Å². The smallest absolute Gasteiger partial charge is 0.255 e. The average Bonchev–Trinajstić information content (AvgIpc) is 3.54. The highest BCUT2D eigenvalue weighted by Crippen LogP contribution is 2.32. The summed E-state index contributed by atoms with van der Waals surface area (Å²) in [7, 11) is 0. The predicted molar refractivity (Wildman–Crippen MR) is 132 cm³/mol. The zero-order valence-electron chi connectivity index (χ0n) is 19.9. The number of thiophene rings is 1. The Morgan fingerprint density at radius 1 is 1.03 bits per heavy atom.